The predicted molar refractivity (Wildman–Crippen MR) is 75.2 cm³/mol. The Labute approximate surface area is 115 Å². The lowest BCUT2D eigenvalue weighted by Gasteiger charge is -2.17. The molecule has 1 atom stereocenters. The number of hydrogen-bond donors (Lipinski definition) is 2. The van der Waals surface area contributed by atoms with E-state index in [0.717, 1.165) is 18.4 Å². The Morgan fingerprint density at radius 3 is 2.74 bits per heavy atom. The fraction of sp³-hybridized carbons (Fsp3) is 0.538. The molecule has 1 aromatic carbocycles. The van der Waals surface area contributed by atoms with Crippen molar-refractivity contribution >= 4 is 10.0 Å². The number of nitrogens with two attached hydrogens (primary N) is 1. The first-order chi connectivity index (χ1) is 9.03. The van der Waals surface area contributed by atoms with E-state index in [9.17, 15) is 8.42 Å². The zero-order chi connectivity index (χ0) is 14.3. The summed E-state index contributed by atoms with van der Waals surface area (Å²) in [4.78, 5) is 0.243. The van der Waals surface area contributed by atoms with Gasteiger partial charge in [-0.25, -0.2) is 13.1 Å². The van der Waals surface area contributed by atoms with Crippen molar-refractivity contribution in [1.29, 1.82) is 0 Å². The van der Waals surface area contributed by atoms with Crippen LogP contribution < -0.4 is 10.5 Å². The van der Waals surface area contributed by atoms with Crippen LogP contribution in [0.3, 0.4) is 0 Å². The number of nitrogens with one attached hydrogen (secondary N) is 1. The molecule has 0 amide bonds. The van der Waals surface area contributed by atoms with E-state index in [1.165, 1.54) is 0 Å². The van der Waals surface area contributed by atoms with E-state index in [1.54, 1.807) is 31.4 Å². The molecule has 1 aromatic rings. The summed E-state index contributed by atoms with van der Waals surface area (Å²) in [6.45, 7) is 2.69. The average molecular weight is 286 g/mol. The molecule has 0 aliphatic heterocycles. The van der Waals surface area contributed by atoms with Crippen LogP contribution in [-0.2, 0) is 21.3 Å². The van der Waals surface area contributed by atoms with E-state index < -0.39 is 10.0 Å². The molecule has 0 spiro atoms. The maximum Gasteiger partial charge on any atom is 0.240 e. The van der Waals surface area contributed by atoms with Crippen LogP contribution in [0.15, 0.2) is 29.2 Å². The smallest absolute Gasteiger partial charge is 0.240 e. The molecule has 0 saturated carbocycles. The molecule has 3 N–H and O–H groups in total. The van der Waals surface area contributed by atoms with Gasteiger partial charge in [0.2, 0.25) is 10.0 Å². The number of rotatable bonds is 8. The van der Waals surface area contributed by atoms with Gasteiger partial charge in [0.15, 0.2) is 0 Å². The van der Waals surface area contributed by atoms with Gasteiger partial charge in [-0.3, -0.25) is 0 Å². The van der Waals surface area contributed by atoms with Gasteiger partial charge in [-0.1, -0.05) is 25.5 Å². The van der Waals surface area contributed by atoms with Gasteiger partial charge >= 0.3 is 0 Å². The Morgan fingerprint density at radius 2 is 2.16 bits per heavy atom. The molecule has 0 aliphatic rings. The van der Waals surface area contributed by atoms with Gasteiger partial charge in [0, 0.05) is 19.7 Å². The lowest BCUT2D eigenvalue weighted by atomic mass is 10.2. The summed E-state index contributed by atoms with van der Waals surface area (Å²) in [6, 6.07) is 6.45. The maximum absolute atomic E-state index is 12.3. The molecule has 0 aliphatic carbocycles. The Bertz CT molecular complexity index is 482. The zero-order valence-electron chi connectivity index (χ0n) is 11.4. The standard InChI is InChI=1S/C13H22N2O3S/c1-3-5-12(10-18-2)15-19(16,17)13-7-4-6-11(8-13)9-14/h4,6-8,12,15H,3,5,9-10,14H2,1-2H3. The normalized spacial score (nSPS) is 13.4. The van der Waals surface area contributed by atoms with E-state index in [4.69, 9.17) is 10.5 Å². The SMILES string of the molecule is CCCC(COC)NS(=O)(=O)c1cccc(CN)c1. The van der Waals surface area contributed by atoms with Crippen LogP contribution >= 0.6 is 0 Å². The molecule has 108 valence electrons. The van der Waals surface area contributed by atoms with Crippen molar-refractivity contribution in [3.8, 4) is 0 Å². The minimum atomic E-state index is -3.52. The third-order valence-corrected chi connectivity index (χ3v) is 4.29. The predicted octanol–water partition coefficient (Wildman–Crippen LogP) is 1.24. The molecule has 0 radical (unpaired) electrons. The largest absolute Gasteiger partial charge is 0.383 e. The fourth-order valence-corrected chi connectivity index (χ4v) is 3.18. The Balaban J connectivity index is 2.89. The molecule has 5 nitrogen and oxygen atoms in total. The van der Waals surface area contributed by atoms with Crippen LogP contribution in [0.1, 0.15) is 25.3 Å². The molecule has 1 unspecified atom stereocenters. The summed E-state index contributed by atoms with van der Waals surface area (Å²) in [6.07, 6.45) is 1.63. The van der Waals surface area contributed by atoms with Gasteiger partial charge in [0.1, 0.15) is 0 Å². The van der Waals surface area contributed by atoms with E-state index >= 15 is 0 Å². The van der Waals surface area contributed by atoms with Gasteiger partial charge in [-0.15, -0.1) is 0 Å². The maximum atomic E-state index is 12.3. The summed E-state index contributed by atoms with van der Waals surface area (Å²) in [5.41, 5.74) is 6.32. The second kappa shape index (κ2) is 7.59. The summed E-state index contributed by atoms with van der Waals surface area (Å²) in [7, 11) is -1.96. The highest BCUT2D eigenvalue weighted by atomic mass is 32.2. The van der Waals surface area contributed by atoms with Crippen LogP contribution in [-0.4, -0.2) is 28.2 Å². The fourth-order valence-electron chi connectivity index (χ4n) is 1.85. The van der Waals surface area contributed by atoms with Crippen LogP contribution in [0.5, 0.6) is 0 Å². The average Bonchev–Trinajstić information content (AvgIpc) is 2.39. The third kappa shape index (κ3) is 4.91. The molecule has 0 saturated heterocycles. The number of benzene rings is 1. The molecule has 1 rings (SSSR count). The summed E-state index contributed by atoms with van der Waals surface area (Å²) in [5.74, 6) is 0. The zero-order valence-corrected chi connectivity index (χ0v) is 12.2. The summed E-state index contributed by atoms with van der Waals surface area (Å²) in [5, 5.41) is 0. The molecule has 0 aromatic heterocycles. The van der Waals surface area contributed by atoms with Gasteiger partial charge in [0.05, 0.1) is 11.5 Å². The Morgan fingerprint density at radius 1 is 1.42 bits per heavy atom. The summed E-state index contributed by atoms with van der Waals surface area (Å²) >= 11 is 0. The lowest BCUT2D eigenvalue weighted by molar-refractivity contribution is 0.171. The van der Waals surface area contributed by atoms with E-state index in [2.05, 4.69) is 4.72 Å². The molecule has 6 heteroatoms. The van der Waals surface area contributed by atoms with Crippen molar-refractivity contribution in [3.63, 3.8) is 0 Å². The van der Waals surface area contributed by atoms with Crippen LogP contribution in [0.2, 0.25) is 0 Å². The Kier molecular flexibility index (Phi) is 6.44. The molecule has 0 bridgehead atoms. The minimum Gasteiger partial charge on any atom is -0.383 e. The van der Waals surface area contributed by atoms with Crippen molar-refractivity contribution in [2.45, 2.75) is 37.2 Å². The van der Waals surface area contributed by atoms with Crippen LogP contribution in [0, 0.1) is 0 Å². The molecule has 19 heavy (non-hydrogen) atoms. The monoisotopic (exact) mass is 286 g/mol. The van der Waals surface area contributed by atoms with Gasteiger partial charge in [0.25, 0.3) is 0 Å². The van der Waals surface area contributed by atoms with E-state index in [-0.39, 0.29) is 10.9 Å². The van der Waals surface area contributed by atoms with Crippen molar-refractivity contribution < 1.29 is 13.2 Å². The van der Waals surface area contributed by atoms with E-state index in [1.807, 2.05) is 6.92 Å². The number of methoxy groups -OCH3 is 1. The number of sulfonamides is 1. The van der Waals surface area contributed by atoms with Gasteiger partial charge in [-0.2, -0.15) is 0 Å². The van der Waals surface area contributed by atoms with Gasteiger partial charge in [-0.05, 0) is 24.1 Å². The van der Waals surface area contributed by atoms with Crippen molar-refractivity contribution in [1.82, 2.24) is 4.72 Å². The molecule has 0 fully saturated rings. The van der Waals surface area contributed by atoms with Crippen molar-refractivity contribution in [3.05, 3.63) is 29.8 Å². The molecular formula is C13H22N2O3S. The second-order valence-electron chi connectivity index (χ2n) is 4.41. The first-order valence-corrected chi connectivity index (χ1v) is 7.82. The van der Waals surface area contributed by atoms with Crippen LogP contribution in [0.4, 0.5) is 0 Å². The first-order valence-electron chi connectivity index (χ1n) is 6.33. The minimum absolute atomic E-state index is 0.207. The topological polar surface area (TPSA) is 81.4 Å². The summed E-state index contributed by atoms with van der Waals surface area (Å²) < 4.78 is 32.2. The van der Waals surface area contributed by atoms with Crippen molar-refractivity contribution in [2.75, 3.05) is 13.7 Å². The van der Waals surface area contributed by atoms with E-state index in [0.29, 0.717) is 13.2 Å². The van der Waals surface area contributed by atoms with Crippen molar-refractivity contribution in [2.24, 2.45) is 5.73 Å². The third-order valence-electron chi connectivity index (χ3n) is 2.77. The number of ether oxygens (including phenoxy) is 1. The molecule has 0 heterocycles. The molecular weight excluding hydrogens is 264 g/mol. The highest BCUT2D eigenvalue weighted by Gasteiger charge is 2.19. The van der Waals surface area contributed by atoms with Gasteiger partial charge < -0.3 is 10.5 Å². The highest BCUT2D eigenvalue weighted by Crippen LogP contribution is 2.12. The lowest BCUT2D eigenvalue weighted by Crippen LogP contribution is -2.37. The second-order valence-corrected chi connectivity index (χ2v) is 6.13. The first kappa shape index (κ1) is 16.1. The highest BCUT2D eigenvalue weighted by molar-refractivity contribution is 7.89. The quantitative estimate of drug-likeness (QED) is 0.753. The number of hydrogen-bond acceptors (Lipinski definition) is 4. The Hall–Kier alpha value is -0.950. The van der Waals surface area contributed by atoms with Crippen LogP contribution in [0.25, 0.3) is 0 Å².